The monoisotopic (exact) mass is 290 g/mol. The number of hydrogen-bond acceptors (Lipinski definition) is 3. The molecule has 0 rings (SSSR count). The molecule has 0 amide bonds. The predicted octanol–water partition coefficient (Wildman–Crippen LogP) is -0.119. The van der Waals surface area contributed by atoms with Crippen LogP contribution in [0.1, 0.15) is 58.3 Å². The van der Waals surface area contributed by atoms with Gasteiger partial charge in [0.2, 0.25) is 0 Å². The van der Waals surface area contributed by atoms with Gasteiger partial charge in [0.1, 0.15) is 5.78 Å². The maximum atomic E-state index is 10.6. The second-order valence-corrected chi connectivity index (χ2v) is 4.77. The van der Waals surface area contributed by atoms with Crippen LogP contribution in [0.3, 0.4) is 0 Å². The van der Waals surface area contributed by atoms with Crippen molar-refractivity contribution in [3.8, 4) is 0 Å². The minimum atomic E-state index is -4.67. The molecule has 0 aliphatic carbocycles. The maximum absolute atomic E-state index is 10.6. The number of carbonyl (C=O) groups excluding carboxylic acids is 1. The zero-order valence-corrected chi connectivity index (χ0v) is 14.2. The number of unbranched alkanes of at least 4 members (excludes halogenated alkanes) is 6. The van der Waals surface area contributed by atoms with E-state index in [1.807, 2.05) is 0 Å². The van der Waals surface area contributed by atoms with Crippen LogP contribution in [0, 0.1) is 6.92 Å². The van der Waals surface area contributed by atoms with E-state index in [4.69, 9.17) is 17.5 Å². The Bertz CT molecular complexity index is 269. The fourth-order valence-electron chi connectivity index (χ4n) is 1.26. The summed E-state index contributed by atoms with van der Waals surface area (Å²) in [5.41, 5.74) is 0. The summed E-state index contributed by atoms with van der Waals surface area (Å²) in [5.74, 6) is 0.327. The maximum Gasteiger partial charge on any atom is 1.00 e. The van der Waals surface area contributed by atoms with Gasteiger partial charge in [-0.05, 0) is 13.3 Å². The van der Waals surface area contributed by atoms with Gasteiger partial charge < -0.3 is 11.7 Å². The van der Waals surface area contributed by atoms with Gasteiger partial charge in [-0.15, -0.1) is 0 Å². The third-order valence-corrected chi connectivity index (χ3v) is 2.03. The van der Waals surface area contributed by atoms with Crippen LogP contribution in [0.4, 0.5) is 0 Å². The molecular weight excluding hydrogens is 267 g/mol. The van der Waals surface area contributed by atoms with Crippen molar-refractivity contribution >= 4 is 16.2 Å². The second kappa shape index (κ2) is 15.6. The Kier molecular flexibility index (Phi) is 20.5. The van der Waals surface area contributed by atoms with Gasteiger partial charge in [0.25, 0.3) is 0 Å². The van der Waals surface area contributed by atoms with Crippen molar-refractivity contribution in [2.45, 2.75) is 58.3 Å². The average molecular weight is 290 g/mol. The molecule has 18 heavy (non-hydrogen) atoms. The fraction of sp³-hybridized carbons (Fsp3) is 0.818. The molecule has 0 saturated heterocycles. The van der Waals surface area contributed by atoms with E-state index in [1.165, 1.54) is 32.1 Å². The van der Waals surface area contributed by atoms with E-state index >= 15 is 0 Å². The molecule has 0 fully saturated rings. The number of Topliss-reactive ketones (excluding diaryl/α,β-unsaturated/α-hetero) is 1. The molecule has 0 saturated carbocycles. The summed E-state index contributed by atoms with van der Waals surface area (Å²) in [4.78, 5) is 10.6. The SMILES string of the molecule is O=S(=O)(O)O.[CH2-]CCCCCCCCC(C)=O.[Na+]. The van der Waals surface area contributed by atoms with Gasteiger partial charge in [-0.2, -0.15) is 14.8 Å². The zero-order chi connectivity index (χ0) is 13.7. The van der Waals surface area contributed by atoms with Gasteiger partial charge in [0.15, 0.2) is 0 Å². The van der Waals surface area contributed by atoms with Crippen LogP contribution >= 0.6 is 0 Å². The van der Waals surface area contributed by atoms with Crippen LogP contribution in [0.25, 0.3) is 0 Å². The van der Waals surface area contributed by atoms with Crippen LogP contribution in [-0.4, -0.2) is 23.3 Å². The molecule has 0 atom stereocenters. The summed E-state index contributed by atoms with van der Waals surface area (Å²) in [6, 6.07) is 0. The van der Waals surface area contributed by atoms with E-state index in [0.29, 0.717) is 5.78 Å². The topological polar surface area (TPSA) is 91.7 Å². The first-order chi connectivity index (χ1) is 7.77. The Morgan fingerprint density at radius 1 is 1.00 bits per heavy atom. The molecule has 0 heterocycles. The Morgan fingerprint density at radius 2 is 1.33 bits per heavy atom. The number of ketones is 1. The molecule has 0 aromatic rings. The standard InChI is InChI=1S/C11H21O.Na.H2O4S/c1-3-4-5-6-7-8-9-10-11(2)12;;1-5(2,3)4/h1,3-10H2,2H3;;(H2,1,2,3,4)/q-1;+1;. The minimum absolute atomic E-state index is 0. The molecule has 0 spiro atoms. The molecule has 104 valence electrons. The van der Waals surface area contributed by atoms with Crippen molar-refractivity contribution < 1.29 is 51.9 Å². The summed E-state index contributed by atoms with van der Waals surface area (Å²) in [7, 11) is -4.67. The van der Waals surface area contributed by atoms with E-state index in [1.54, 1.807) is 6.92 Å². The van der Waals surface area contributed by atoms with E-state index in [2.05, 4.69) is 6.92 Å². The van der Waals surface area contributed by atoms with Crippen molar-refractivity contribution in [1.29, 1.82) is 0 Å². The normalized spacial score (nSPS) is 10.0. The van der Waals surface area contributed by atoms with Gasteiger partial charge in [0, 0.05) is 6.42 Å². The number of rotatable bonds is 8. The molecule has 7 heteroatoms. The van der Waals surface area contributed by atoms with Crippen molar-refractivity contribution in [3.05, 3.63) is 6.92 Å². The second-order valence-electron chi connectivity index (χ2n) is 3.87. The molecule has 0 aliphatic rings. The van der Waals surface area contributed by atoms with Crippen LogP contribution in [0.15, 0.2) is 0 Å². The smallest absolute Gasteiger partial charge is 0.343 e. The summed E-state index contributed by atoms with van der Waals surface area (Å²) in [6.07, 6.45) is 9.30. The zero-order valence-electron chi connectivity index (χ0n) is 11.4. The number of carbonyl (C=O) groups is 1. The van der Waals surface area contributed by atoms with E-state index in [9.17, 15) is 4.79 Å². The summed E-state index contributed by atoms with van der Waals surface area (Å²) in [6.45, 7) is 5.47. The van der Waals surface area contributed by atoms with Crippen molar-refractivity contribution in [3.63, 3.8) is 0 Å². The van der Waals surface area contributed by atoms with Crippen LogP contribution in [0.2, 0.25) is 0 Å². The Morgan fingerprint density at radius 3 is 1.67 bits per heavy atom. The Hall–Kier alpha value is 0.540. The summed E-state index contributed by atoms with van der Waals surface area (Å²) >= 11 is 0. The van der Waals surface area contributed by atoms with Gasteiger partial charge in [0.05, 0.1) is 0 Å². The molecule has 0 aromatic carbocycles. The third-order valence-electron chi connectivity index (χ3n) is 2.03. The third kappa shape index (κ3) is 43.9. The number of hydrogen-bond donors (Lipinski definition) is 2. The Balaban J connectivity index is -0.000000321. The quantitative estimate of drug-likeness (QED) is 0.281. The molecule has 0 bridgehead atoms. The van der Waals surface area contributed by atoms with Crippen molar-refractivity contribution in [2.75, 3.05) is 0 Å². The predicted molar refractivity (Wildman–Crippen MR) is 67.2 cm³/mol. The molecule has 0 aliphatic heterocycles. The Labute approximate surface area is 133 Å². The van der Waals surface area contributed by atoms with Gasteiger partial charge in [-0.3, -0.25) is 9.11 Å². The van der Waals surface area contributed by atoms with Crippen LogP contribution in [0.5, 0.6) is 0 Å². The van der Waals surface area contributed by atoms with Crippen LogP contribution < -0.4 is 29.6 Å². The van der Waals surface area contributed by atoms with Gasteiger partial charge >= 0.3 is 40.0 Å². The largest absolute Gasteiger partial charge is 1.00 e. The summed E-state index contributed by atoms with van der Waals surface area (Å²) < 4.78 is 31.6. The van der Waals surface area contributed by atoms with E-state index < -0.39 is 10.4 Å². The average Bonchev–Trinajstić information content (AvgIpc) is 2.13. The molecular formula is C11H23NaO5S. The molecule has 0 unspecified atom stereocenters. The van der Waals surface area contributed by atoms with Crippen molar-refractivity contribution in [1.82, 2.24) is 0 Å². The van der Waals surface area contributed by atoms with Crippen LogP contribution in [-0.2, 0) is 15.2 Å². The first kappa shape index (κ1) is 23.6. The molecule has 5 nitrogen and oxygen atoms in total. The van der Waals surface area contributed by atoms with Crippen molar-refractivity contribution in [2.24, 2.45) is 0 Å². The van der Waals surface area contributed by atoms with Gasteiger partial charge in [-0.25, -0.2) is 0 Å². The van der Waals surface area contributed by atoms with E-state index in [0.717, 1.165) is 19.3 Å². The minimum Gasteiger partial charge on any atom is -0.343 e. The summed E-state index contributed by atoms with van der Waals surface area (Å²) in [5, 5.41) is 0. The molecule has 0 radical (unpaired) electrons. The van der Waals surface area contributed by atoms with E-state index in [-0.39, 0.29) is 29.6 Å². The first-order valence-corrected chi connectivity index (χ1v) is 7.15. The fourth-order valence-corrected chi connectivity index (χ4v) is 1.26. The first-order valence-electron chi connectivity index (χ1n) is 5.76. The molecule has 2 N–H and O–H groups in total. The molecule has 0 aromatic heterocycles. The van der Waals surface area contributed by atoms with Gasteiger partial charge in [-0.1, -0.05) is 32.1 Å².